The van der Waals surface area contributed by atoms with Crippen molar-refractivity contribution >= 4 is 34.3 Å². The predicted octanol–water partition coefficient (Wildman–Crippen LogP) is 4.77. The number of anilines is 1. The molecule has 0 aliphatic heterocycles. The van der Waals surface area contributed by atoms with Crippen LogP contribution in [0.5, 0.6) is 0 Å². The maximum Gasteiger partial charge on any atom is 0.291 e. The molecule has 0 radical (unpaired) electrons. The minimum atomic E-state index is -0.274. The van der Waals surface area contributed by atoms with Gasteiger partial charge < -0.3 is 9.73 Å². The predicted molar refractivity (Wildman–Crippen MR) is 102 cm³/mol. The van der Waals surface area contributed by atoms with Crippen molar-refractivity contribution in [3.8, 4) is 0 Å². The number of furan rings is 1. The Morgan fingerprint density at radius 3 is 2.81 bits per heavy atom. The molecular weight excluding hydrogens is 346 g/mol. The van der Waals surface area contributed by atoms with Gasteiger partial charge in [-0.15, -0.1) is 0 Å². The molecule has 0 bridgehead atoms. The second-order valence-electron chi connectivity index (χ2n) is 5.63. The molecule has 0 saturated heterocycles. The van der Waals surface area contributed by atoms with E-state index in [1.54, 1.807) is 24.7 Å². The van der Waals surface area contributed by atoms with Gasteiger partial charge in [0.25, 0.3) is 5.91 Å². The quantitative estimate of drug-likeness (QED) is 0.519. The van der Waals surface area contributed by atoms with E-state index < -0.39 is 0 Å². The number of aromatic nitrogens is 2. The third-order valence-electron chi connectivity index (χ3n) is 3.80. The highest BCUT2D eigenvalue weighted by atomic mass is 32.2. The summed E-state index contributed by atoms with van der Waals surface area (Å²) in [5.41, 5.74) is 2.74. The molecule has 0 saturated carbocycles. The molecule has 0 unspecified atom stereocenters. The fraction of sp³-hybridized carbons (Fsp3) is 0.0500. The Labute approximate surface area is 154 Å². The third kappa shape index (κ3) is 3.75. The molecule has 3 aromatic heterocycles. The summed E-state index contributed by atoms with van der Waals surface area (Å²) < 4.78 is 5.65. The number of hydrogen-bond acceptors (Lipinski definition) is 5. The van der Waals surface area contributed by atoms with E-state index in [4.69, 9.17) is 4.42 Å². The third-order valence-corrected chi connectivity index (χ3v) is 4.78. The van der Waals surface area contributed by atoms with E-state index in [0.717, 1.165) is 22.2 Å². The Kier molecular flexibility index (Phi) is 4.66. The first-order valence-corrected chi connectivity index (χ1v) is 9.04. The molecule has 6 heteroatoms. The van der Waals surface area contributed by atoms with Crippen molar-refractivity contribution in [1.29, 1.82) is 0 Å². The molecular formula is C20H15N3O2S. The zero-order valence-corrected chi connectivity index (χ0v) is 14.6. The number of nitrogens with zero attached hydrogens (tertiary/aromatic N) is 2. The molecule has 26 heavy (non-hydrogen) atoms. The molecule has 0 fully saturated rings. The van der Waals surface area contributed by atoms with Crippen molar-refractivity contribution in [3.05, 3.63) is 84.5 Å². The van der Waals surface area contributed by atoms with Crippen LogP contribution in [0.15, 0.2) is 82.7 Å². The van der Waals surface area contributed by atoms with E-state index in [1.165, 1.54) is 11.8 Å². The lowest BCUT2D eigenvalue weighted by Crippen LogP contribution is -2.10. The number of hydrogen-bond donors (Lipinski definition) is 1. The van der Waals surface area contributed by atoms with Gasteiger partial charge in [0.1, 0.15) is 0 Å². The van der Waals surface area contributed by atoms with Crippen LogP contribution in [0, 0.1) is 0 Å². The molecule has 1 aromatic carbocycles. The number of thioether (sulfide) groups is 1. The van der Waals surface area contributed by atoms with Crippen LogP contribution < -0.4 is 5.32 Å². The summed E-state index contributed by atoms with van der Waals surface area (Å²) in [6.07, 6.45) is 5.26. The van der Waals surface area contributed by atoms with E-state index >= 15 is 0 Å². The number of amides is 1. The normalized spacial score (nSPS) is 10.8. The zero-order chi connectivity index (χ0) is 17.8. The monoisotopic (exact) mass is 361 g/mol. The van der Waals surface area contributed by atoms with E-state index in [9.17, 15) is 4.79 Å². The molecule has 4 rings (SSSR count). The van der Waals surface area contributed by atoms with Gasteiger partial charge >= 0.3 is 0 Å². The average molecular weight is 361 g/mol. The van der Waals surface area contributed by atoms with Crippen molar-refractivity contribution in [2.45, 2.75) is 10.8 Å². The van der Waals surface area contributed by atoms with Crippen LogP contribution in [0.3, 0.4) is 0 Å². The topological polar surface area (TPSA) is 68.0 Å². The van der Waals surface area contributed by atoms with Crippen LogP contribution in [0.1, 0.15) is 16.1 Å². The van der Waals surface area contributed by atoms with Crippen molar-refractivity contribution in [2.24, 2.45) is 0 Å². The zero-order valence-electron chi connectivity index (χ0n) is 13.8. The van der Waals surface area contributed by atoms with Crippen LogP contribution in [-0.2, 0) is 5.75 Å². The average Bonchev–Trinajstić information content (AvgIpc) is 3.16. The van der Waals surface area contributed by atoms with Crippen molar-refractivity contribution in [3.63, 3.8) is 0 Å². The largest absolute Gasteiger partial charge is 0.445 e. The van der Waals surface area contributed by atoms with Crippen LogP contribution >= 0.6 is 11.8 Å². The summed E-state index contributed by atoms with van der Waals surface area (Å²) in [6.45, 7) is 0. The molecule has 4 aromatic rings. The first-order valence-electron chi connectivity index (χ1n) is 8.06. The van der Waals surface area contributed by atoms with Gasteiger partial charge in [0.15, 0.2) is 10.9 Å². The van der Waals surface area contributed by atoms with Crippen LogP contribution in [0.25, 0.3) is 10.9 Å². The lowest BCUT2D eigenvalue weighted by atomic mass is 10.2. The Balaban J connectivity index is 1.42. The number of rotatable bonds is 5. The van der Waals surface area contributed by atoms with Crippen LogP contribution in [-0.4, -0.2) is 15.9 Å². The summed E-state index contributed by atoms with van der Waals surface area (Å²) in [7, 11) is 0. The van der Waals surface area contributed by atoms with Crippen molar-refractivity contribution in [1.82, 2.24) is 9.97 Å². The maximum atomic E-state index is 12.4. The molecule has 0 aliphatic rings. The molecule has 0 atom stereocenters. The number of carbonyl (C=O) groups excluding carboxylic acids is 1. The molecule has 128 valence electrons. The van der Waals surface area contributed by atoms with Gasteiger partial charge in [0, 0.05) is 35.4 Å². The van der Waals surface area contributed by atoms with Gasteiger partial charge in [-0.25, -0.2) is 0 Å². The summed E-state index contributed by atoms with van der Waals surface area (Å²) in [4.78, 5) is 20.7. The number of carbonyl (C=O) groups is 1. The van der Waals surface area contributed by atoms with Gasteiger partial charge in [-0.2, -0.15) is 0 Å². The number of benzene rings is 1. The summed E-state index contributed by atoms with van der Waals surface area (Å²) in [5, 5.41) is 4.53. The van der Waals surface area contributed by atoms with E-state index in [2.05, 4.69) is 15.3 Å². The Morgan fingerprint density at radius 1 is 1.04 bits per heavy atom. The van der Waals surface area contributed by atoms with E-state index in [1.807, 2.05) is 48.5 Å². The summed E-state index contributed by atoms with van der Waals surface area (Å²) >= 11 is 1.54. The second kappa shape index (κ2) is 7.41. The fourth-order valence-corrected chi connectivity index (χ4v) is 3.31. The van der Waals surface area contributed by atoms with Gasteiger partial charge in [-0.1, -0.05) is 17.8 Å². The first-order chi connectivity index (χ1) is 12.8. The highest BCUT2D eigenvalue weighted by Gasteiger charge is 2.12. The SMILES string of the molecule is O=C(Nc1ccc2ncccc2c1)c1ccc(SCc2ccncc2)o1. The maximum absolute atomic E-state index is 12.4. The number of nitrogens with one attached hydrogen (secondary N) is 1. The number of fused-ring (bicyclic) bond motifs is 1. The highest BCUT2D eigenvalue weighted by molar-refractivity contribution is 7.98. The summed E-state index contributed by atoms with van der Waals surface area (Å²) in [5.74, 6) is 0.770. The molecule has 0 spiro atoms. The first kappa shape index (κ1) is 16.4. The molecule has 3 heterocycles. The second-order valence-corrected chi connectivity index (χ2v) is 6.61. The van der Waals surface area contributed by atoms with Crippen molar-refractivity contribution in [2.75, 3.05) is 5.32 Å². The highest BCUT2D eigenvalue weighted by Crippen LogP contribution is 2.25. The lowest BCUT2D eigenvalue weighted by molar-refractivity contribution is 0.0992. The van der Waals surface area contributed by atoms with Gasteiger partial charge in [-0.05, 0) is 54.1 Å². The molecule has 1 N–H and O–H groups in total. The number of pyridine rings is 2. The minimum Gasteiger partial charge on any atom is -0.445 e. The molecule has 0 aliphatic carbocycles. The minimum absolute atomic E-state index is 0.274. The smallest absolute Gasteiger partial charge is 0.291 e. The fourth-order valence-electron chi connectivity index (χ4n) is 2.50. The Hall–Kier alpha value is -3.12. The van der Waals surface area contributed by atoms with Gasteiger partial charge in [0.05, 0.1) is 5.52 Å². The van der Waals surface area contributed by atoms with Gasteiger partial charge in [-0.3, -0.25) is 14.8 Å². The summed E-state index contributed by atoms with van der Waals surface area (Å²) in [6, 6.07) is 16.8. The molecule has 5 nitrogen and oxygen atoms in total. The Morgan fingerprint density at radius 2 is 1.92 bits per heavy atom. The molecule has 1 amide bonds. The van der Waals surface area contributed by atoms with E-state index in [0.29, 0.717) is 10.8 Å². The Bertz CT molecular complexity index is 1050. The van der Waals surface area contributed by atoms with Crippen LogP contribution in [0.2, 0.25) is 0 Å². The van der Waals surface area contributed by atoms with Gasteiger partial charge in [0.2, 0.25) is 0 Å². The van der Waals surface area contributed by atoms with Crippen molar-refractivity contribution < 1.29 is 9.21 Å². The van der Waals surface area contributed by atoms with E-state index in [-0.39, 0.29) is 11.7 Å². The lowest BCUT2D eigenvalue weighted by Gasteiger charge is -2.04. The standard InChI is InChI=1S/C20H15N3O2S/c24-20(23-16-3-4-17-15(12-16)2-1-9-22-17)18-5-6-19(25-18)26-13-14-7-10-21-11-8-14/h1-12H,13H2,(H,23,24). The van der Waals surface area contributed by atoms with Crippen LogP contribution in [0.4, 0.5) is 5.69 Å².